The Labute approximate surface area is 74.1 Å². The first kappa shape index (κ1) is 7.26. The minimum absolute atomic E-state index is 0.538. The molecule has 0 radical (unpaired) electrons. The van der Waals surface area contributed by atoms with Crippen molar-refractivity contribution in [2.75, 3.05) is 0 Å². The number of rotatable bonds is 0. The van der Waals surface area contributed by atoms with Gasteiger partial charge in [0.15, 0.2) is 5.01 Å². The van der Waals surface area contributed by atoms with Gasteiger partial charge in [-0.05, 0) is 24.6 Å². The molecule has 0 saturated carbocycles. The zero-order valence-electron chi connectivity index (χ0n) is 6.53. The quantitative estimate of drug-likeness (QED) is 0.615. The number of benzene rings is 1. The first-order valence-electron chi connectivity index (χ1n) is 3.57. The summed E-state index contributed by atoms with van der Waals surface area (Å²) in [6.07, 6.45) is 0. The van der Waals surface area contributed by atoms with Gasteiger partial charge in [-0.2, -0.15) is 5.26 Å². The fourth-order valence-electron chi connectivity index (χ4n) is 1.09. The van der Waals surface area contributed by atoms with E-state index < -0.39 is 0 Å². The van der Waals surface area contributed by atoms with Gasteiger partial charge in [-0.25, -0.2) is 4.98 Å². The van der Waals surface area contributed by atoms with Gasteiger partial charge in [-0.3, -0.25) is 0 Å². The van der Waals surface area contributed by atoms with Crippen LogP contribution in [0.1, 0.15) is 10.6 Å². The Hall–Kier alpha value is -1.40. The molecular formula is C9H6N2S. The van der Waals surface area contributed by atoms with Crippen LogP contribution < -0.4 is 0 Å². The molecule has 58 valence electrons. The number of aromatic nitrogens is 1. The molecule has 0 atom stereocenters. The second-order valence-electron chi connectivity index (χ2n) is 2.60. The summed E-state index contributed by atoms with van der Waals surface area (Å²) in [6.45, 7) is 2.02. The van der Waals surface area contributed by atoms with Crippen molar-refractivity contribution < 1.29 is 0 Å². The van der Waals surface area contributed by atoms with Gasteiger partial charge < -0.3 is 0 Å². The van der Waals surface area contributed by atoms with Crippen molar-refractivity contribution in [3.8, 4) is 6.07 Å². The second-order valence-corrected chi connectivity index (χ2v) is 3.63. The van der Waals surface area contributed by atoms with Crippen LogP contribution in [0.25, 0.3) is 10.2 Å². The van der Waals surface area contributed by atoms with Gasteiger partial charge >= 0.3 is 0 Å². The number of aryl methyl sites for hydroxylation is 1. The molecule has 0 unspecified atom stereocenters. The van der Waals surface area contributed by atoms with Crippen molar-refractivity contribution in [1.29, 1.82) is 5.26 Å². The third-order valence-corrected chi connectivity index (χ3v) is 2.58. The van der Waals surface area contributed by atoms with E-state index in [1.165, 1.54) is 16.9 Å². The second kappa shape index (κ2) is 2.58. The summed E-state index contributed by atoms with van der Waals surface area (Å²) in [7, 11) is 0. The monoisotopic (exact) mass is 174 g/mol. The third-order valence-electron chi connectivity index (χ3n) is 1.64. The lowest BCUT2D eigenvalue weighted by atomic mass is 10.2. The predicted octanol–water partition coefficient (Wildman–Crippen LogP) is 2.48. The van der Waals surface area contributed by atoms with Crippen LogP contribution in [0.15, 0.2) is 18.2 Å². The molecule has 0 aliphatic rings. The van der Waals surface area contributed by atoms with Gasteiger partial charge in [-0.15, -0.1) is 11.3 Å². The van der Waals surface area contributed by atoms with Crippen molar-refractivity contribution in [3.63, 3.8) is 0 Å². The summed E-state index contributed by atoms with van der Waals surface area (Å²) in [5.74, 6) is 0. The van der Waals surface area contributed by atoms with E-state index in [2.05, 4.69) is 4.98 Å². The lowest BCUT2D eigenvalue weighted by molar-refractivity contribution is 1.39. The number of hydrogen-bond acceptors (Lipinski definition) is 3. The minimum atomic E-state index is 0.538. The molecule has 0 spiro atoms. The minimum Gasteiger partial charge on any atom is -0.226 e. The molecule has 0 N–H and O–H groups in total. The molecule has 1 aromatic heterocycles. The molecule has 0 bridgehead atoms. The van der Waals surface area contributed by atoms with E-state index >= 15 is 0 Å². The van der Waals surface area contributed by atoms with Crippen LogP contribution in [0.5, 0.6) is 0 Å². The van der Waals surface area contributed by atoms with Gasteiger partial charge in [0.25, 0.3) is 0 Å². The number of thiazole rings is 1. The molecule has 1 heterocycles. The van der Waals surface area contributed by atoms with Crippen LogP contribution in [0.2, 0.25) is 0 Å². The standard InChI is InChI=1S/C9H6N2S/c1-6-2-3-8-7(4-6)11-9(5-10)12-8/h2-4H,1H3. The Morgan fingerprint density at radius 2 is 2.33 bits per heavy atom. The first-order chi connectivity index (χ1) is 5.79. The fourth-order valence-corrected chi connectivity index (χ4v) is 1.83. The average Bonchev–Trinajstić information content (AvgIpc) is 2.46. The zero-order valence-corrected chi connectivity index (χ0v) is 7.35. The number of fused-ring (bicyclic) bond motifs is 1. The highest BCUT2D eigenvalue weighted by Gasteiger charge is 2.01. The molecule has 3 heteroatoms. The number of nitriles is 1. The van der Waals surface area contributed by atoms with Gasteiger partial charge in [0.2, 0.25) is 0 Å². The molecule has 0 aliphatic heterocycles. The van der Waals surface area contributed by atoms with Crippen LogP contribution in [0, 0.1) is 18.3 Å². The molecular weight excluding hydrogens is 168 g/mol. The molecule has 12 heavy (non-hydrogen) atoms. The smallest absolute Gasteiger partial charge is 0.195 e. The van der Waals surface area contributed by atoms with Crippen LogP contribution in [-0.4, -0.2) is 4.98 Å². The summed E-state index contributed by atoms with van der Waals surface area (Å²) in [4.78, 5) is 4.15. The lowest BCUT2D eigenvalue weighted by Crippen LogP contribution is -1.71. The largest absolute Gasteiger partial charge is 0.226 e. The summed E-state index contributed by atoms with van der Waals surface area (Å²) in [5, 5.41) is 9.14. The molecule has 0 amide bonds. The van der Waals surface area contributed by atoms with E-state index in [1.54, 1.807) is 0 Å². The van der Waals surface area contributed by atoms with Crippen molar-refractivity contribution in [2.24, 2.45) is 0 Å². The van der Waals surface area contributed by atoms with Crippen molar-refractivity contribution in [3.05, 3.63) is 28.8 Å². The van der Waals surface area contributed by atoms with Crippen LogP contribution >= 0.6 is 11.3 Å². The molecule has 0 fully saturated rings. The molecule has 0 saturated heterocycles. The maximum absolute atomic E-state index is 8.61. The summed E-state index contributed by atoms with van der Waals surface area (Å²) in [5.41, 5.74) is 2.11. The van der Waals surface area contributed by atoms with Gasteiger partial charge in [0, 0.05) is 0 Å². The van der Waals surface area contributed by atoms with E-state index in [1.807, 2.05) is 31.2 Å². The molecule has 2 rings (SSSR count). The SMILES string of the molecule is Cc1ccc2sc(C#N)nc2c1. The lowest BCUT2D eigenvalue weighted by Gasteiger charge is -1.88. The summed E-state index contributed by atoms with van der Waals surface area (Å²) < 4.78 is 1.08. The topological polar surface area (TPSA) is 36.7 Å². The van der Waals surface area contributed by atoms with Crippen molar-refractivity contribution in [1.82, 2.24) is 4.98 Å². The molecule has 0 aliphatic carbocycles. The average molecular weight is 174 g/mol. The maximum atomic E-state index is 8.61. The van der Waals surface area contributed by atoms with Crippen LogP contribution in [-0.2, 0) is 0 Å². The summed E-state index contributed by atoms with van der Waals surface area (Å²) >= 11 is 1.43. The normalized spacial score (nSPS) is 10.0. The van der Waals surface area contributed by atoms with E-state index in [0.29, 0.717) is 5.01 Å². The highest BCUT2D eigenvalue weighted by Crippen LogP contribution is 2.21. The Morgan fingerprint density at radius 1 is 1.50 bits per heavy atom. The third kappa shape index (κ3) is 1.06. The maximum Gasteiger partial charge on any atom is 0.195 e. The number of nitrogens with zero attached hydrogens (tertiary/aromatic N) is 2. The van der Waals surface area contributed by atoms with Gasteiger partial charge in [-0.1, -0.05) is 6.07 Å². The van der Waals surface area contributed by atoms with E-state index in [0.717, 1.165) is 10.2 Å². The van der Waals surface area contributed by atoms with Crippen molar-refractivity contribution >= 4 is 21.6 Å². The van der Waals surface area contributed by atoms with Gasteiger partial charge in [0.1, 0.15) is 6.07 Å². The van der Waals surface area contributed by atoms with E-state index in [-0.39, 0.29) is 0 Å². The van der Waals surface area contributed by atoms with Crippen LogP contribution in [0.4, 0.5) is 0 Å². The summed E-state index contributed by atoms with van der Waals surface area (Å²) in [6, 6.07) is 8.07. The van der Waals surface area contributed by atoms with E-state index in [4.69, 9.17) is 5.26 Å². The highest BCUT2D eigenvalue weighted by atomic mass is 32.1. The molecule has 2 nitrogen and oxygen atoms in total. The fraction of sp³-hybridized carbons (Fsp3) is 0.111. The molecule has 2 aromatic rings. The highest BCUT2D eigenvalue weighted by molar-refractivity contribution is 7.19. The van der Waals surface area contributed by atoms with Crippen LogP contribution in [0.3, 0.4) is 0 Å². The predicted molar refractivity (Wildman–Crippen MR) is 49.1 cm³/mol. The Bertz CT molecular complexity index is 465. The zero-order chi connectivity index (χ0) is 8.55. The Morgan fingerprint density at radius 3 is 3.08 bits per heavy atom. The number of hydrogen-bond donors (Lipinski definition) is 0. The Kier molecular flexibility index (Phi) is 1.56. The van der Waals surface area contributed by atoms with Crippen molar-refractivity contribution in [2.45, 2.75) is 6.92 Å². The Balaban J connectivity index is 2.77. The van der Waals surface area contributed by atoms with E-state index in [9.17, 15) is 0 Å². The van der Waals surface area contributed by atoms with Gasteiger partial charge in [0.05, 0.1) is 10.2 Å². The first-order valence-corrected chi connectivity index (χ1v) is 4.38. The molecule has 1 aromatic carbocycles.